The van der Waals surface area contributed by atoms with E-state index >= 15 is 0 Å². The van der Waals surface area contributed by atoms with E-state index in [4.69, 9.17) is 4.74 Å². The molecule has 2 N–H and O–H groups in total. The van der Waals surface area contributed by atoms with Crippen molar-refractivity contribution < 1.29 is 9.53 Å². The Kier molecular flexibility index (Phi) is 4.71. The summed E-state index contributed by atoms with van der Waals surface area (Å²) in [6, 6.07) is 14.8. The molecule has 1 aromatic heterocycles. The minimum absolute atomic E-state index is 0.153. The van der Waals surface area contributed by atoms with Gasteiger partial charge in [-0.15, -0.1) is 0 Å². The summed E-state index contributed by atoms with van der Waals surface area (Å²) in [6.45, 7) is 0.153. The van der Waals surface area contributed by atoms with Crippen molar-refractivity contribution in [1.82, 2.24) is 14.8 Å². The van der Waals surface area contributed by atoms with E-state index in [0.717, 1.165) is 11.4 Å². The van der Waals surface area contributed by atoms with Gasteiger partial charge in [0.15, 0.2) is 0 Å². The monoisotopic (exact) mass is 323 g/mol. The first-order chi connectivity index (χ1) is 11.8. The van der Waals surface area contributed by atoms with Gasteiger partial charge >= 0.3 is 0 Å². The van der Waals surface area contributed by atoms with E-state index in [0.29, 0.717) is 11.4 Å². The number of hydrogen-bond acceptors (Lipinski definition) is 5. The Morgan fingerprint density at radius 3 is 2.67 bits per heavy atom. The van der Waals surface area contributed by atoms with Gasteiger partial charge in [-0.25, -0.2) is 9.67 Å². The molecule has 0 aliphatic heterocycles. The van der Waals surface area contributed by atoms with Crippen LogP contribution in [-0.4, -0.2) is 34.3 Å². The first-order valence-corrected chi connectivity index (χ1v) is 7.38. The molecule has 0 fully saturated rings. The van der Waals surface area contributed by atoms with E-state index in [-0.39, 0.29) is 12.5 Å². The Balaban J connectivity index is 1.56. The summed E-state index contributed by atoms with van der Waals surface area (Å²) >= 11 is 0. The number of anilines is 2. The van der Waals surface area contributed by atoms with Gasteiger partial charge in [0.05, 0.1) is 25.0 Å². The normalized spacial score (nSPS) is 10.2. The zero-order valence-electron chi connectivity index (χ0n) is 13.1. The van der Waals surface area contributed by atoms with Gasteiger partial charge in [-0.2, -0.15) is 5.10 Å². The molecule has 2 aromatic carbocycles. The Bertz CT molecular complexity index is 800. The number of nitrogens with zero attached hydrogens (tertiary/aromatic N) is 3. The van der Waals surface area contributed by atoms with E-state index in [1.165, 1.54) is 6.33 Å². The number of amides is 1. The number of methoxy groups -OCH3 is 1. The molecule has 122 valence electrons. The zero-order valence-corrected chi connectivity index (χ0v) is 13.1. The second-order valence-corrected chi connectivity index (χ2v) is 4.99. The highest BCUT2D eigenvalue weighted by molar-refractivity contribution is 5.95. The van der Waals surface area contributed by atoms with Crippen LogP contribution in [0.15, 0.2) is 61.2 Å². The van der Waals surface area contributed by atoms with Gasteiger partial charge in [0.1, 0.15) is 18.4 Å². The van der Waals surface area contributed by atoms with Crippen molar-refractivity contribution in [1.29, 1.82) is 0 Å². The number of carbonyl (C=O) groups excluding carboxylic acids is 1. The van der Waals surface area contributed by atoms with Gasteiger partial charge in [0, 0.05) is 5.69 Å². The van der Waals surface area contributed by atoms with E-state index in [1.807, 2.05) is 36.4 Å². The van der Waals surface area contributed by atoms with Crippen molar-refractivity contribution in [3.8, 4) is 11.4 Å². The molecule has 24 heavy (non-hydrogen) atoms. The number of rotatable bonds is 6. The van der Waals surface area contributed by atoms with Crippen LogP contribution in [-0.2, 0) is 4.79 Å². The lowest BCUT2D eigenvalue weighted by atomic mass is 10.2. The molecule has 0 aliphatic rings. The highest BCUT2D eigenvalue weighted by atomic mass is 16.5. The number of carbonyl (C=O) groups is 1. The van der Waals surface area contributed by atoms with Crippen LogP contribution in [0.4, 0.5) is 11.4 Å². The maximum absolute atomic E-state index is 12.1. The van der Waals surface area contributed by atoms with Crippen LogP contribution in [0.5, 0.6) is 5.75 Å². The molecule has 3 aromatic rings. The van der Waals surface area contributed by atoms with Crippen molar-refractivity contribution in [3.63, 3.8) is 0 Å². The van der Waals surface area contributed by atoms with E-state index in [9.17, 15) is 4.79 Å². The van der Waals surface area contributed by atoms with Crippen molar-refractivity contribution in [2.24, 2.45) is 0 Å². The van der Waals surface area contributed by atoms with Gasteiger partial charge in [-0.1, -0.05) is 12.1 Å². The summed E-state index contributed by atoms with van der Waals surface area (Å²) < 4.78 is 6.87. The number of nitrogens with one attached hydrogen (secondary N) is 2. The molecule has 0 unspecified atom stereocenters. The van der Waals surface area contributed by atoms with E-state index < -0.39 is 0 Å². The van der Waals surface area contributed by atoms with Gasteiger partial charge in [0.2, 0.25) is 5.91 Å². The van der Waals surface area contributed by atoms with Crippen molar-refractivity contribution in [2.75, 3.05) is 24.3 Å². The second kappa shape index (κ2) is 7.28. The molecule has 0 saturated heterocycles. The molecule has 0 aliphatic carbocycles. The molecular weight excluding hydrogens is 306 g/mol. The van der Waals surface area contributed by atoms with E-state index in [1.54, 1.807) is 30.3 Å². The average Bonchev–Trinajstić information content (AvgIpc) is 3.15. The predicted molar refractivity (Wildman–Crippen MR) is 91.5 cm³/mol. The quantitative estimate of drug-likeness (QED) is 0.727. The largest absolute Gasteiger partial charge is 0.495 e. The maximum atomic E-state index is 12.1. The number of hydrogen-bond donors (Lipinski definition) is 2. The van der Waals surface area contributed by atoms with Gasteiger partial charge in [-0.05, 0) is 36.4 Å². The smallest absolute Gasteiger partial charge is 0.243 e. The average molecular weight is 323 g/mol. The molecule has 7 nitrogen and oxygen atoms in total. The minimum Gasteiger partial charge on any atom is -0.495 e. The van der Waals surface area contributed by atoms with Crippen molar-refractivity contribution in [2.45, 2.75) is 0 Å². The molecule has 7 heteroatoms. The van der Waals surface area contributed by atoms with Gasteiger partial charge < -0.3 is 15.4 Å². The van der Waals surface area contributed by atoms with Crippen LogP contribution in [0.25, 0.3) is 5.69 Å². The highest BCUT2D eigenvalue weighted by Crippen LogP contribution is 2.22. The Labute approximate surface area is 139 Å². The lowest BCUT2D eigenvalue weighted by molar-refractivity contribution is -0.114. The van der Waals surface area contributed by atoms with Gasteiger partial charge in [0.25, 0.3) is 0 Å². The van der Waals surface area contributed by atoms with Crippen LogP contribution in [0.1, 0.15) is 0 Å². The predicted octanol–water partition coefficient (Wildman–Crippen LogP) is 2.33. The Morgan fingerprint density at radius 1 is 1.17 bits per heavy atom. The summed E-state index contributed by atoms with van der Waals surface area (Å²) in [5.74, 6) is 0.475. The van der Waals surface area contributed by atoms with Crippen LogP contribution in [0, 0.1) is 0 Å². The molecule has 0 spiro atoms. The molecule has 0 radical (unpaired) electrons. The molecule has 0 bridgehead atoms. The molecule has 3 rings (SSSR count). The first kappa shape index (κ1) is 15.5. The Morgan fingerprint density at radius 2 is 1.96 bits per heavy atom. The fraction of sp³-hybridized carbons (Fsp3) is 0.118. The fourth-order valence-electron chi connectivity index (χ4n) is 2.20. The SMILES string of the molecule is COc1ccccc1NC(=O)CNc1ccc(-n2cncn2)cc1. The lowest BCUT2D eigenvalue weighted by Crippen LogP contribution is -2.22. The highest BCUT2D eigenvalue weighted by Gasteiger charge is 2.06. The van der Waals surface area contributed by atoms with Gasteiger partial charge in [-0.3, -0.25) is 4.79 Å². The standard InChI is InChI=1S/C17H17N5O2/c1-24-16-5-3-2-4-15(16)21-17(23)10-19-13-6-8-14(9-7-13)22-12-18-11-20-22/h2-9,11-12,19H,10H2,1H3,(H,21,23). The van der Waals surface area contributed by atoms with Crippen molar-refractivity contribution >= 4 is 17.3 Å². The fourth-order valence-corrected chi connectivity index (χ4v) is 2.20. The summed E-state index contributed by atoms with van der Waals surface area (Å²) in [5.41, 5.74) is 2.39. The van der Waals surface area contributed by atoms with E-state index in [2.05, 4.69) is 20.7 Å². The third kappa shape index (κ3) is 3.70. The molecule has 0 saturated carbocycles. The van der Waals surface area contributed by atoms with Crippen LogP contribution in [0.3, 0.4) is 0 Å². The lowest BCUT2D eigenvalue weighted by Gasteiger charge is -2.11. The second-order valence-electron chi connectivity index (χ2n) is 4.99. The molecule has 1 amide bonds. The minimum atomic E-state index is -0.153. The Hall–Kier alpha value is -3.35. The van der Waals surface area contributed by atoms with Crippen LogP contribution < -0.4 is 15.4 Å². The zero-order chi connectivity index (χ0) is 16.8. The first-order valence-electron chi connectivity index (χ1n) is 7.38. The number of benzene rings is 2. The summed E-state index contributed by atoms with van der Waals surface area (Å²) in [5, 5.41) is 9.96. The summed E-state index contributed by atoms with van der Waals surface area (Å²) in [6.07, 6.45) is 3.11. The molecule has 1 heterocycles. The summed E-state index contributed by atoms with van der Waals surface area (Å²) in [4.78, 5) is 16.0. The molecular formula is C17H17N5O2. The number of para-hydroxylation sites is 2. The number of aromatic nitrogens is 3. The molecule has 0 atom stereocenters. The van der Waals surface area contributed by atoms with Crippen LogP contribution in [0.2, 0.25) is 0 Å². The van der Waals surface area contributed by atoms with Crippen LogP contribution >= 0.6 is 0 Å². The number of ether oxygens (including phenoxy) is 1. The summed E-state index contributed by atoms with van der Waals surface area (Å²) in [7, 11) is 1.57. The topological polar surface area (TPSA) is 81.1 Å². The third-order valence-electron chi connectivity index (χ3n) is 3.38. The van der Waals surface area contributed by atoms with Crippen molar-refractivity contribution in [3.05, 3.63) is 61.2 Å². The third-order valence-corrected chi connectivity index (χ3v) is 3.38. The maximum Gasteiger partial charge on any atom is 0.243 e.